The van der Waals surface area contributed by atoms with Crippen molar-refractivity contribution in [3.05, 3.63) is 29.8 Å². The van der Waals surface area contributed by atoms with Gasteiger partial charge in [-0.2, -0.15) is 0 Å². The molecule has 8 nitrogen and oxygen atoms in total. The highest BCUT2D eigenvalue weighted by molar-refractivity contribution is 5.88. The molecule has 1 fully saturated rings. The van der Waals surface area contributed by atoms with E-state index in [1.165, 1.54) is 0 Å². The highest BCUT2D eigenvalue weighted by Gasteiger charge is 2.33. The van der Waals surface area contributed by atoms with Gasteiger partial charge >= 0.3 is 11.9 Å². The van der Waals surface area contributed by atoms with E-state index in [9.17, 15) is 19.5 Å². The number of carboxylic acid groups (broad SMARTS) is 1. The van der Waals surface area contributed by atoms with Crippen LogP contribution in [-0.4, -0.2) is 65.2 Å². The lowest BCUT2D eigenvalue weighted by Gasteiger charge is -2.35. The fourth-order valence-corrected chi connectivity index (χ4v) is 4.33. The maximum absolute atomic E-state index is 12.4. The first-order chi connectivity index (χ1) is 15.1. The molecular formula is C24H36N2O6. The molecule has 1 unspecified atom stereocenters. The van der Waals surface area contributed by atoms with E-state index in [0.717, 1.165) is 44.3 Å². The van der Waals surface area contributed by atoms with Gasteiger partial charge in [0.25, 0.3) is 0 Å². The third-order valence-corrected chi connectivity index (χ3v) is 6.26. The fourth-order valence-electron chi connectivity index (χ4n) is 4.33. The minimum absolute atomic E-state index is 0.0329. The van der Waals surface area contributed by atoms with Crippen LogP contribution in [0.4, 0.5) is 0 Å². The second-order valence-electron chi connectivity index (χ2n) is 9.13. The molecule has 8 heteroatoms. The third-order valence-electron chi connectivity index (χ3n) is 6.26. The number of nitrogens with zero attached hydrogens (tertiary/aromatic N) is 1. The topological polar surface area (TPSA) is 116 Å². The van der Waals surface area contributed by atoms with Crippen molar-refractivity contribution in [1.29, 1.82) is 0 Å². The summed E-state index contributed by atoms with van der Waals surface area (Å²) in [6.45, 7) is 7.47. The zero-order chi connectivity index (χ0) is 23.9. The van der Waals surface area contributed by atoms with Gasteiger partial charge in [0.1, 0.15) is 11.8 Å². The number of aliphatic hydroxyl groups is 1. The number of carboxylic acids is 1. The Morgan fingerprint density at radius 3 is 2.59 bits per heavy atom. The fraction of sp³-hybridized carbons (Fsp3) is 0.625. The zero-order valence-electron chi connectivity index (χ0n) is 19.5. The minimum Gasteiger partial charge on any atom is -0.480 e. The molecule has 0 aromatic heterocycles. The quantitative estimate of drug-likeness (QED) is 0.392. The van der Waals surface area contributed by atoms with Crippen molar-refractivity contribution in [2.24, 2.45) is 5.92 Å². The number of ether oxygens (including phenoxy) is 1. The van der Waals surface area contributed by atoms with Crippen molar-refractivity contribution in [2.75, 3.05) is 20.1 Å². The van der Waals surface area contributed by atoms with Crippen LogP contribution in [0.2, 0.25) is 0 Å². The van der Waals surface area contributed by atoms with E-state index in [1.807, 2.05) is 18.2 Å². The largest absolute Gasteiger partial charge is 0.480 e. The van der Waals surface area contributed by atoms with Gasteiger partial charge < -0.3 is 25.2 Å². The Kier molecular flexibility index (Phi) is 9.21. The summed E-state index contributed by atoms with van der Waals surface area (Å²) >= 11 is 0. The molecule has 3 atom stereocenters. The Hall–Kier alpha value is -2.45. The molecule has 1 saturated heterocycles. The average molecular weight is 449 g/mol. The molecule has 1 heterocycles. The third kappa shape index (κ3) is 6.77. The molecule has 1 aliphatic rings. The number of amides is 1. The number of benzene rings is 1. The van der Waals surface area contributed by atoms with Crippen LogP contribution in [0.1, 0.15) is 58.4 Å². The zero-order valence-corrected chi connectivity index (χ0v) is 19.5. The lowest BCUT2D eigenvalue weighted by Crippen LogP contribution is -2.46. The van der Waals surface area contributed by atoms with Crippen LogP contribution in [0, 0.1) is 5.92 Å². The normalized spacial score (nSPS) is 21.4. The van der Waals surface area contributed by atoms with Crippen molar-refractivity contribution in [2.45, 2.75) is 70.4 Å². The van der Waals surface area contributed by atoms with Gasteiger partial charge in [-0.25, -0.2) is 9.59 Å². The van der Waals surface area contributed by atoms with Crippen LogP contribution in [0.5, 0.6) is 5.75 Å². The molecule has 178 valence electrons. The maximum Gasteiger partial charge on any atom is 0.340 e. The molecular weight excluding hydrogens is 412 g/mol. The number of carbonyl (C=O) groups excluding carboxylic acids is 2. The Bertz CT molecular complexity index is 811. The van der Waals surface area contributed by atoms with Gasteiger partial charge in [-0.05, 0) is 56.5 Å². The number of nitrogens with one attached hydrogen (secondary N) is 1. The molecule has 1 aliphatic heterocycles. The second kappa shape index (κ2) is 11.4. The van der Waals surface area contributed by atoms with Gasteiger partial charge in [0.2, 0.25) is 5.91 Å². The van der Waals surface area contributed by atoms with Crippen LogP contribution >= 0.6 is 0 Å². The highest BCUT2D eigenvalue weighted by atomic mass is 16.5. The van der Waals surface area contributed by atoms with Crippen molar-refractivity contribution >= 4 is 17.8 Å². The van der Waals surface area contributed by atoms with Crippen LogP contribution in [0.3, 0.4) is 0 Å². The van der Waals surface area contributed by atoms with Gasteiger partial charge in [0.05, 0.1) is 6.42 Å². The second-order valence-corrected chi connectivity index (χ2v) is 9.13. The number of aliphatic hydroxyl groups excluding tert-OH is 1. The molecule has 1 aromatic carbocycles. The molecule has 0 aliphatic carbocycles. The van der Waals surface area contributed by atoms with Crippen LogP contribution in [-0.2, 0) is 19.8 Å². The number of rotatable bonds is 9. The predicted octanol–water partition coefficient (Wildman–Crippen LogP) is 2.33. The molecule has 2 rings (SSSR count). The lowest BCUT2D eigenvalue weighted by molar-refractivity contribution is -0.147. The predicted molar refractivity (Wildman–Crippen MR) is 120 cm³/mol. The van der Waals surface area contributed by atoms with Gasteiger partial charge in [-0.15, -0.1) is 0 Å². The summed E-state index contributed by atoms with van der Waals surface area (Å²) in [6.07, 6.45) is 2.03. The van der Waals surface area contributed by atoms with Gasteiger partial charge in [-0.1, -0.05) is 39.3 Å². The number of aliphatic carboxylic acids is 1. The summed E-state index contributed by atoms with van der Waals surface area (Å²) in [6, 6.07) is 6.27. The number of likely N-dealkylation sites (tertiary alicyclic amines) is 1. The minimum atomic E-state index is -1.69. The van der Waals surface area contributed by atoms with E-state index >= 15 is 0 Å². The standard InChI is InChI=1S/C24H36N2O6/c1-5-24(11-6-7-12-26(4)15-24)17-9-8-10-18(13-17)32-23(31)19(27)14-20(28)25-21(16(2)3)22(29)30/h8-10,13,16,19,21,27H,5-7,11-12,14-15H2,1-4H3,(H,25,28)(H,29,30)/t19-,21-,24?/m0/s1. The van der Waals surface area contributed by atoms with Crippen molar-refractivity contribution in [3.63, 3.8) is 0 Å². The molecule has 1 amide bonds. The summed E-state index contributed by atoms with van der Waals surface area (Å²) < 4.78 is 5.36. The summed E-state index contributed by atoms with van der Waals surface area (Å²) in [7, 11) is 2.12. The van der Waals surface area contributed by atoms with E-state index in [0.29, 0.717) is 5.75 Å². The van der Waals surface area contributed by atoms with Crippen LogP contribution in [0.15, 0.2) is 24.3 Å². The smallest absolute Gasteiger partial charge is 0.340 e. The summed E-state index contributed by atoms with van der Waals surface area (Å²) in [5, 5.41) is 21.6. The molecule has 3 N–H and O–H groups in total. The molecule has 1 aromatic rings. The highest BCUT2D eigenvalue weighted by Crippen LogP contribution is 2.37. The summed E-state index contributed by atoms with van der Waals surface area (Å²) in [5.41, 5.74) is 1.06. The maximum atomic E-state index is 12.4. The SMILES string of the molecule is CCC1(c2cccc(OC(=O)[C@@H](O)CC(=O)N[C@H](C(=O)O)C(C)C)c2)CCCCN(C)C1. The number of esters is 1. The summed E-state index contributed by atoms with van der Waals surface area (Å²) in [5.74, 6) is -2.86. The van der Waals surface area contributed by atoms with E-state index in [1.54, 1.807) is 19.9 Å². The Morgan fingerprint density at radius 1 is 1.25 bits per heavy atom. The van der Waals surface area contributed by atoms with E-state index in [-0.39, 0.29) is 11.3 Å². The first kappa shape index (κ1) is 25.8. The average Bonchev–Trinajstić information content (AvgIpc) is 2.93. The van der Waals surface area contributed by atoms with Crippen molar-refractivity contribution < 1.29 is 29.3 Å². The van der Waals surface area contributed by atoms with Gasteiger partial charge in [-0.3, -0.25) is 4.79 Å². The number of hydrogen-bond donors (Lipinski definition) is 3. The number of hydrogen-bond acceptors (Lipinski definition) is 6. The Labute approximate surface area is 189 Å². The number of likely N-dealkylation sites (N-methyl/N-ethyl adjacent to an activating group) is 1. The molecule has 0 bridgehead atoms. The van der Waals surface area contributed by atoms with Gasteiger partial charge in [0.15, 0.2) is 6.10 Å². The lowest BCUT2D eigenvalue weighted by atomic mass is 9.74. The molecule has 32 heavy (non-hydrogen) atoms. The van der Waals surface area contributed by atoms with E-state index in [2.05, 4.69) is 24.2 Å². The van der Waals surface area contributed by atoms with Gasteiger partial charge in [0, 0.05) is 12.0 Å². The molecule has 0 radical (unpaired) electrons. The van der Waals surface area contributed by atoms with E-state index in [4.69, 9.17) is 9.84 Å². The van der Waals surface area contributed by atoms with Crippen LogP contribution in [0.25, 0.3) is 0 Å². The monoisotopic (exact) mass is 448 g/mol. The van der Waals surface area contributed by atoms with Crippen molar-refractivity contribution in [3.8, 4) is 5.75 Å². The van der Waals surface area contributed by atoms with E-state index < -0.39 is 36.4 Å². The molecule has 0 spiro atoms. The van der Waals surface area contributed by atoms with Crippen molar-refractivity contribution in [1.82, 2.24) is 10.2 Å². The first-order valence-corrected chi connectivity index (χ1v) is 11.3. The number of carbonyl (C=O) groups is 3. The Morgan fingerprint density at radius 2 is 1.97 bits per heavy atom. The van der Waals surface area contributed by atoms with Crippen LogP contribution < -0.4 is 10.1 Å². The molecule has 0 saturated carbocycles. The first-order valence-electron chi connectivity index (χ1n) is 11.3. The Balaban J connectivity index is 2.05. The summed E-state index contributed by atoms with van der Waals surface area (Å²) in [4.78, 5) is 38.0.